The molecule has 13 heteroatoms. The number of halogens is 6. The molecule has 6 nitrogen and oxygen atoms in total. The van der Waals surface area contributed by atoms with Gasteiger partial charge in [0.25, 0.3) is 0 Å². The van der Waals surface area contributed by atoms with E-state index in [4.69, 9.17) is 0 Å². The molecule has 0 bridgehead atoms. The van der Waals surface area contributed by atoms with Crippen molar-refractivity contribution in [3.05, 3.63) is 47.5 Å². The minimum atomic E-state index is -5.77. The number of fused-ring (bicyclic) bond motifs is 1. The molecule has 0 saturated heterocycles. The van der Waals surface area contributed by atoms with Crippen molar-refractivity contribution in [2.75, 3.05) is 11.4 Å². The van der Waals surface area contributed by atoms with Crippen molar-refractivity contribution in [1.82, 2.24) is 14.3 Å². The van der Waals surface area contributed by atoms with E-state index in [1.54, 1.807) is 4.90 Å². The first-order chi connectivity index (χ1) is 15.2. The largest absolute Gasteiger partial charge is 0.511 e. The number of hydrogen-bond acceptors (Lipinski definition) is 4. The standard InChI is InChI=1S/C20H22F6N4O2S/c1-18(5-2-6-18)17-11-29(33(31,32)20(24,25)26)9-13-7-14(19(21,22)23)3-4-16(13)30(17)10-15-8-27-12-28-15/h3-4,7-8,12,17H,2,5-6,9-11H2,1H3,(H,27,28). The van der Waals surface area contributed by atoms with Gasteiger partial charge in [0.05, 0.1) is 24.1 Å². The van der Waals surface area contributed by atoms with E-state index in [1.165, 1.54) is 18.6 Å². The fraction of sp³-hybridized carbons (Fsp3) is 0.550. The normalized spacial score (nSPS) is 21.9. The van der Waals surface area contributed by atoms with Crippen molar-refractivity contribution in [3.8, 4) is 0 Å². The summed E-state index contributed by atoms with van der Waals surface area (Å²) < 4.78 is 106. The minimum Gasteiger partial charge on any atom is -0.361 e. The summed E-state index contributed by atoms with van der Waals surface area (Å²) in [4.78, 5) is 8.55. The molecular formula is C20H22F6N4O2S. The lowest BCUT2D eigenvalue weighted by Gasteiger charge is -2.50. The van der Waals surface area contributed by atoms with Crippen LogP contribution in [0.2, 0.25) is 0 Å². The summed E-state index contributed by atoms with van der Waals surface area (Å²) in [5.41, 5.74) is -6.40. The molecular weight excluding hydrogens is 474 g/mol. The highest BCUT2D eigenvalue weighted by molar-refractivity contribution is 7.89. The van der Waals surface area contributed by atoms with Gasteiger partial charge in [0.1, 0.15) is 0 Å². The second-order valence-corrected chi connectivity index (χ2v) is 10.7. The number of aromatic nitrogens is 2. The first kappa shape index (κ1) is 23.9. The zero-order valence-corrected chi connectivity index (χ0v) is 18.4. The third kappa shape index (κ3) is 4.32. The molecule has 1 saturated carbocycles. The lowest BCUT2D eigenvalue weighted by Crippen LogP contribution is -2.55. The maximum Gasteiger partial charge on any atom is 0.511 e. The van der Waals surface area contributed by atoms with Crippen LogP contribution in [0.1, 0.15) is 43.0 Å². The molecule has 2 heterocycles. The van der Waals surface area contributed by atoms with Crippen LogP contribution in [0, 0.1) is 5.41 Å². The van der Waals surface area contributed by atoms with Crippen molar-refractivity contribution in [2.45, 2.75) is 57.0 Å². The van der Waals surface area contributed by atoms with Gasteiger partial charge in [-0.15, -0.1) is 0 Å². The fourth-order valence-corrected chi connectivity index (χ4v) is 5.57. The summed E-state index contributed by atoms with van der Waals surface area (Å²) in [6.45, 7) is 0.683. The van der Waals surface area contributed by atoms with Gasteiger partial charge in [-0.05, 0) is 42.0 Å². The highest BCUT2D eigenvalue weighted by Crippen LogP contribution is 2.49. The minimum absolute atomic E-state index is 0.124. The van der Waals surface area contributed by atoms with Crippen LogP contribution in [0.5, 0.6) is 0 Å². The average molecular weight is 496 g/mol. The number of hydrogen-bond donors (Lipinski definition) is 1. The SMILES string of the molecule is CC1(C2CN(S(=O)(=O)C(F)(F)F)Cc3cc(C(F)(F)F)ccc3N2Cc2cnc[nH]2)CCC1. The molecule has 4 rings (SSSR count). The highest BCUT2D eigenvalue weighted by Gasteiger charge is 2.54. The van der Waals surface area contributed by atoms with E-state index in [0.29, 0.717) is 18.5 Å². The quantitative estimate of drug-likeness (QED) is 0.626. The maximum atomic E-state index is 13.5. The third-order valence-electron chi connectivity index (χ3n) is 6.64. The number of rotatable bonds is 4. The molecule has 1 fully saturated rings. The van der Waals surface area contributed by atoms with Crippen molar-refractivity contribution in [3.63, 3.8) is 0 Å². The van der Waals surface area contributed by atoms with Gasteiger partial charge >= 0.3 is 21.7 Å². The van der Waals surface area contributed by atoms with Gasteiger partial charge in [0, 0.05) is 31.0 Å². The summed E-state index contributed by atoms with van der Waals surface area (Å²) in [6, 6.07) is 2.13. The molecule has 2 aliphatic rings. The molecule has 2 aromatic rings. The number of H-pyrrole nitrogens is 1. The van der Waals surface area contributed by atoms with Crippen LogP contribution in [0.4, 0.5) is 32.0 Å². The summed E-state index contributed by atoms with van der Waals surface area (Å²) in [5.74, 6) is 0. The Hall–Kier alpha value is -2.28. The Morgan fingerprint density at radius 1 is 1.18 bits per heavy atom. The van der Waals surface area contributed by atoms with Gasteiger partial charge in [0.15, 0.2) is 0 Å². The molecule has 1 aromatic heterocycles. The van der Waals surface area contributed by atoms with Crippen molar-refractivity contribution >= 4 is 15.7 Å². The smallest absolute Gasteiger partial charge is 0.361 e. The van der Waals surface area contributed by atoms with Gasteiger partial charge in [-0.3, -0.25) is 0 Å². The van der Waals surface area contributed by atoms with Gasteiger partial charge < -0.3 is 9.88 Å². The number of anilines is 1. The molecule has 1 aliphatic heterocycles. The van der Waals surface area contributed by atoms with Crippen LogP contribution in [0.3, 0.4) is 0 Å². The van der Waals surface area contributed by atoms with E-state index in [1.807, 2.05) is 6.92 Å². The Morgan fingerprint density at radius 2 is 1.88 bits per heavy atom. The van der Waals surface area contributed by atoms with Crippen LogP contribution in [-0.2, 0) is 29.3 Å². The second-order valence-electron chi connectivity index (χ2n) is 8.81. The number of alkyl halides is 6. The predicted octanol–water partition coefficient (Wildman–Crippen LogP) is 4.66. The number of nitrogens with zero attached hydrogens (tertiary/aromatic N) is 3. The lowest BCUT2D eigenvalue weighted by atomic mass is 9.65. The first-order valence-electron chi connectivity index (χ1n) is 10.2. The molecule has 1 aromatic carbocycles. The van der Waals surface area contributed by atoms with E-state index in [9.17, 15) is 34.8 Å². The Labute approximate surface area is 186 Å². The van der Waals surface area contributed by atoms with Gasteiger partial charge in [-0.25, -0.2) is 13.4 Å². The molecule has 1 unspecified atom stereocenters. The molecule has 1 N–H and O–H groups in total. The second kappa shape index (κ2) is 7.90. The van der Waals surface area contributed by atoms with Crippen LogP contribution >= 0.6 is 0 Å². The Balaban J connectivity index is 1.89. The van der Waals surface area contributed by atoms with E-state index in [2.05, 4.69) is 9.97 Å². The number of sulfonamides is 1. The summed E-state index contributed by atoms with van der Waals surface area (Å²) >= 11 is 0. The average Bonchev–Trinajstić information content (AvgIpc) is 3.13. The van der Waals surface area contributed by atoms with Crippen LogP contribution in [0.15, 0.2) is 30.7 Å². The number of benzene rings is 1. The van der Waals surface area contributed by atoms with E-state index < -0.39 is 51.8 Å². The number of imidazole rings is 1. The van der Waals surface area contributed by atoms with Crippen LogP contribution < -0.4 is 4.90 Å². The molecule has 33 heavy (non-hydrogen) atoms. The van der Waals surface area contributed by atoms with E-state index >= 15 is 0 Å². The zero-order valence-electron chi connectivity index (χ0n) is 17.5. The number of nitrogens with one attached hydrogen (secondary N) is 1. The Kier molecular flexibility index (Phi) is 5.71. The monoisotopic (exact) mass is 496 g/mol. The molecule has 0 radical (unpaired) electrons. The van der Waals surface area contributed by atoms with E-state index in [0.717, 1.165) is 18.6 Å². The maximum absolute atomic E-state index is 13.5. The third-order valence-corrected chi connectivity index (χ3v) is 8.19. The predicted molar refractivity (Wildman–Crippen MR) is 107 cm³/mol. The molecule has 1 aliphatic carbocycles. The molecule has 0 spiro atoms. The molecule has 0 amide bonds. The first-order valence-corrected chi connectivity index (χ1v) is 11.7. The molecule has 1 atom stereocenters. The summed E-state index contributed by atoms with van der Waals surface area (Å²) in [7, 11) is -5.77. The Morgan fingerprint density at radius 3 is 2.39 bits per heavy atom. The van der Waals surface area contributed by atoms with Gasteiger partial charge in [-0.1, -0.05) is 13.3 Å². The highest BCUT2D eigenvalue weighted by atomic mass is 32.2. The van der Waals surface area contributed by atoms with Gasteiger partial charge in [0.2, 0.25) is 0 Å². The topological polar surface area (TPSA) is 69.3 Å². The zero-order chi connectivity index (χ0) is 24.2. The number of aromatic amines is 1. The van der Waals surface area contributed by atoms with Crippen molar-refractivity contribution < 1.29 is 34.8 Å². The van der Waals surface area contributed by atoms with Crippen LogP contribution in [0.25, 0.3) is 0 Å². The van der Waals surface area contributed by atoms with E-state index in [-0.39, 0.29) is 22.1 Å². The lowest BCUT2D eigenvalue weighted by molar-refractivity contribution is -0.137. The molecule has 182 valence electrons. The summed E-state index contributed by atoms with van der Waals surface area (Å²) in [6.07, 6.45) is 0.347. The fourth-order valence-electron chi connectivity index (χ4n) is 4.63. The Bertz CT molecular complexity index is 1110. The van der Waals surface area contributed by atoms with Crippen LogP contribution in [-0.4, -0.2) is 40.8 Å². The summed E-state index contributed by atoms with van der Waals surface area (Å²) in [5, 5.41) is 0. The van der Waals surface area contributed by atoms with Crippen molar-refractivity contribution in [2.24, 2.45) is 5.41 Å². The van der Waals surface area contributed by atoms with Crippen molar-refractivity contribution in [1.29, 1.82) is 0 Å². The van der Waals surface area contributed by atoms with Gasteiger partial charge in [-0.2, -0.15) is 30.6 Å².